The van der Waals surface area contributed by atoms with Crippen molar-refractivity contribution >= 4 is 26.8 Å². The van der Waals surface area contributed by atoms with E-state index in [1.54, 1.807) is 30.3 Å². The van der Waals surface area contributed by atoms with Crippen molar-refractivity contribution in [2.24, 2.45) is 0 Å². The first-order valence-corrected chi connectivity index (χ1v) is 11.4. The van der Waals surface area contributed by atoms with Crippen LogP contribution >= 0.6 is 0 Å². The van der Waals surface area contributed by atoms with Gasteiger partial charge in [-0.05, 0) is 30.2 Å². The van der Waals surface area contributed by atoms with Crippen molar-refractivity contribution in [1.82, 2.24) is 15.1 Å². The van der Waals surface area contributed by atoms with Crippen LogP contribution in [0.4, 0.5) is 4.39 Å². The predicted octanol–water partition coefficient (Wildman–Crippen LogP) is 1.84. The minimum atomic E-state index is -3.64. The third-order valence-corrected chi connectivity index (χ3v) is 5.77. The van der Waals surface area contributed by atoms with Crippen LogP contribution in [-0.4, -0.2) is 54.9 Å². The number of aromatic amines is 1. The van der Waals surface area contributed by atoms with E-state index in [-0.39, 0.29) is 30.6 Å². The fraction of sp³-hybridized carbons (Fsp3) is 0.286. The lowest BCUT2D eigenvalue weighted by Crippen LogP contribution is -2.31. The highest BCUT2D eigenvalue weighted by molar-refractivity contribution is 7.86. The van der Waals surface area contributed by atoms with Gasteiger partial charge in [0.1, 0.15) is 5.82 Å². The molecule has 1 N–H and O–H groups in total. The molecular formula is C21H20FN3O5S. The van der Waals surface area contributed by atoms with Crippen molar-refractivity contribution in [2.45, 2.75) is 18.9 Å². The summed E-state index contributed by atoms with van der Waals surface area (Å²) in [5.74, 6) is -1.20. The maximum Gasteiger partial charge on any atom is 0.272 e. The van der Waals surface area contributed by atoms with E-state index in [0.29, 0.717) is 28.5 Å². The molecule has 1 amide bonds. The summed E-state index contributed by atoms with van der Waals surface area (Å²) in [5.41, 5.74) is 0.848. The quantitative estimate of drug-likeness (QED) is 0.601. The molecular weight excluding hydrogens is 425 g/mol. The Kier molecular flexibility index (Phi) is 5.59. The Labute approximate surface area is 177 Å². The molecule has 1 saturated heterocycles. The van der Waals surface area contributed by atoms with E-state index >= 15 is 0 Å². The number of likely N-dealkylation sites (tertiary alicyclic amines) is 1. The minimum Gasteiger partial charge on any atom is -0.336 e. The van der Waals surface area contributed by atoms with Crippen LogP contribution in [0.3, 0.4) is 0 Å². The molecule has 8 nitrogen and oxygen atoms in total. The molecule has 0 saturated carbocycles. The van der Waals surface area contributed by atoms with E-state index in [1.165, 1.54) is 17.0 Å². The molecule has 1 fully saturated rings. The van der Waals surface area contributed by atoms with Gasteiger partial charge in [0, 0.05) is 24.9 Å². The van der Waals surface area contributed by atoms with Crippen molar-refractivity contribution < 1.29 is 21.8 Å². The third kappa shape index (κ3) is 4.64. The van der Waals surface area contributed by atoms with Crippen LogP contribution in [0.1, 0.15) is 28.0 Å². The second-order valence-electron chi connectivity index (χ2n) is 7.50. The summed E-state index contributed by atoms with van der Waals surface area (Å²) in [6.45, 7) is 0.344. The van der Waals surface area contributed by atoms with Crippen LogP contribution in [0, 0.1) is 5.82 Å². The van der Waals surface area contributed by atoms with Crippen LogP contribution in [-0.2, 0) is 20.7 Å². The molecule has 0 radical (unpaired) electrons. The average molecular weight is 445 g/mol. The van der Waals surface area contributed by atoms with Crippen LogP contribution in [0.15, 0.2) is 47.3 Å². The summed E-state index contributed by atoms with van der Waals surface area (Å²) in [6, 6.07) is 11.3. The first-order valence-electron chi connectivity index (χ1n) is 9.63. The normalized spacial score (nSPS) is 16.7. The lowest BCUT2D eigenvalue weighted by atomic mass is 10.0. The molecule has 1 aliphatic rings. The van der Waals surface area contributed by atoms with Crippen LogP contribution in [0.5, 0.6) is 0 Å². The summed E-state index contributed by atoms with van der Waals surface area (Å²) in [5, 5.41) is 7.77. The highest BCUT2D eigenvalue weighted by atomic mass is 32.2. The van der Waals surface area contributed by atoms with E-state index in [9.17, 15) is 22.4 Å². The molecule has 1 atom stereocenters. The summed E-state index contributed by atoms with van der Waals surface area (Å²) >= 11 is 0. The molecule has 0 bridgehead atoms. The van der Waals surface area contributed by atoms with E-state index in [4.69, 9.17) is 4.18 Å². The van der Waals surface area contributed by atoms with Crippen LogP contribution in [0.2, 0.25) is 0 Å². The topological polar surface area (TPSA) is 109 Å². The number of H-pyrrole nitrogens is 1. The first kappa shape index (κ1) is 21.1. The molecule has 2 heterocycles. The number of carbonyl (C=O) groups is 1. The zero-order valence-electron chi connectivity index (χ0n) is 16.7. The van der Waals surface area contributed by atoms with Gasteiger partial charge in [-0.1, -0.05) is 24.3 Å². The Morgan fingerprint density at radius 2 is 2.00 bits per heavy atom. The summed E-state index contributed by atoms with van der Waals surface area (Å²) in [7, 11) is -3.64. The van der Waals surface area contributed by atoms with Gasteiger partial charge in [-0.15, -0.1) is 0 Å². The number of hydrogen-bond acceptors (Lipinski definition) is 6. The molecule has 0 aliphatic carbocycles. The summed E-state index contributed by atoms with van der Waals surface area (Å²) in [4.78, 5) is 26.2. The molecule has 1 aromatic heterocycles. The van der Waals surface area contributed by atoms with Gasteiger partial charge in [0.25, 0.3) is 21.6 Å². The summed E-state index contributed by atoms with van der Waals surface area (Å²) in [6.07, 6.45) is 0.960. The number of nitrogens with one attached hydrogen (secondary N) is 1. The molecule has 4 rings (SSSR count). The van der Waals surface area contributed by atoms with Gasteiger partial charge in [-0.2, -0.15) is 13.5 Å². The number of halogens is 1. The number of fused-ring (bicyclic) bond motifs is 1. The van der Waals surface area contributed by atoms with Gasteiger partial charge >= 0.3 is 0 Å². The number of hydrogen-bond donors (Lipinski definition) is 1. The highest BCUT2D eigenvalue weighted by Crippen LogP contribution is 2.22. The smallest absolute Gasteiger partial charge is 0.272 e. The Bertz CT molecular complexity index is 1320. The Balaban J connectivity index is 1.58. The van der Waals surface area contributed by atoms with Gasteiger partial charge < -0.3 is 4.90 Å². The maximum absolute atomic E-state index is 14.4. The van der Waals surface area contributed by atoms with Crippen LogP contribution < -0.4 is 5.56 Å². The lowest BCUT2D eigenvalue weighted by molar-refractivity contribution is 0.0768. The van der Waals surface area contributed by atoms with Crippen molar-refractivity contribution in [3.63, 3.8) is 0 Å². The van der Waals surface area contributed by atoms with Gasteiger partial charge in [0.2, 0.25) is 0 Å². The van der Waals surface area contributed by atoms with Crippen molar-refractivity contribution in [2.75, 3.05) is 19.3 Å². The fourth-order valence-electron chi connectivity index (χ4n) is 3.75. The maximum atomic E-state index is 14.4. The van der Waals surface area contributed by atoms with E-state index < -0.39 is 27.9 Å². The van der Waals surface area contributed by atoms with Crippen molar-refractivity contribution in [1.29, 1.82) is 0 Å². The van der Waals surface area contributed by atoms with Crippen LogP contribution in [0.25, 0.3) is 10.8 Å². The molecule has 0 spiro atoms. The minimum absolute atomic E-state index is 0.0711. The number of amides is 1. The van der Waals surface area contributed by atoms with Crippen molar-refractivity contribution in [3.8, 4) is 0 Å². The number of nitrogens with zero attached hydrogens (tertiary/aromatic N) is 2. The van der Waals surface area contributed by atoms with Gasteiger partial charge in [0.15, 0.2) is 0 Å². The molecule has 3 aromatic rings. The first-order chi connectivity index (χ1) is 14.7. The lowest BCUT2D eigenvalue weighted by Gasteiger charge is -2.17. The summed E-state index contributed by atoms with van der Waals surface area (Å²) < 4.78 is 42.0. The zero-order valence-corrected chi connectivity index (χ0v) is 17.5. The highest BCUT2D eigenvalue weighted by Gasteiger charge is 2.31. The van der Waals surface area contributed by atoms with E-state index in [1.807, 2.05) is 0 Å². The molecule has 162 valence electrons. The number of aromatic nitrogens is 2. The Hall–Kier alpha value is -3.11. The largest absolute Gasteiger partial charge is 0.336 e. The molecule has 31 heavy (non-hydrogen) atoms. The van der Waals surface area contributed by atoms with Gasteiger partial charge in [-0.3, -0.25) is 13.8 Å². The van der Waals surface area contributed by atoms with Gasteiger partial charge in [-0.25, -0.2) is 9.49 Å². The van der Waals surface area contributed by atoms with E-state index in [2.05, 4.69) is 10.2 Å². The molecule has 10 heteroatoms. The Morgan fingerprint density at radius 1 is 1.26 bits per heavy atom. The van der Waals surface area contributed by atoms with Gasteiger partial charge in [0.05, 0.1) is 29.0 Å². The second-order valence-corrected chi connectivity index (χ2v) is 9.10. The Morgan fingerprint density at radius 3 is 2.74 bits per heavy atom. The standard InChI is InChI=1S/C21H20FN3O5S/c1-31(28,29)30-14-8-9-25(12-14)21(27)17-10-13(6-7-18(17)22)11-19-15-4-2-3-5-16(15)20(26)24-23-19/h2-7,10,14H,8-9,11-12H2,1H3,(H,24,26)/t14-/m1/s1. The monoisotopic (exact) mass is 445 g/mol. The third-order valence-electron chi connectivity index (χ3n) is 5.15. The second kappa shape index (κ2) is 8.20. The average Bonchev–Trinajstić information content (AvgIpc) is 3.18. The predicted molar refractivity (Wildman–Crippen MR) is 112 cm³/mol. The molecule has 1 aliphatic heterocycles. The SMILES string of the molecule is CS(=O)(=O)O[C@@H]1CCN(C(=O)c2cc(Cc3n[nH]c(=O)c4ccccc34)ccc2F)C1. The van der Waals surface area contributed by atoms with Crippen molar-refractivity contribution in [3.05, 3.63) is 75.5 Å². The van der Waals surface area contributed by atoms with E-state index in [0.717, 1.165) is 6.26 Å². The number of carbonyl (C=O) groups excluding carboxylic acids is 1. The number of benzene rings is 2. The molecule has 2 aromatic carbocycles. The molecule has 0 unspecified atom stereocenters. The number of rotatable bonds is 5. The fourth-order valence-corrected chi connectivity index (χ4v) is 4.41. The zero-order chi connectivity index (χ0) is 22.2.